The van der Waals surface area contributed by atoms with Crippen molar-refractivity contribution in [1.29, 1.82) is 0 Å². The molecule has 0 aliphatic heterocycles. The maximum atomic E-state index is 12.6. The lowest BCUT2D eigenvalue weighted by molar-refractivity contribution is -0.141. The number of alkyl halides is 3. The number of rotatable bonds is 5. The predicted octanol–water partition coefficient (Wildman–Crippen LogP) is 4.19. The van der Waals surface area contributed by atoms with E-state index >= 15 is 0 Å². The maximum Gasteiger partial charge on any atom is 0.433 e. The maximum absolute atomic E-state index is 12.6. The third-order valence-electron chi connectivity index (χ3n) is 3.45. The van der Waals surface area contributed by atoms with E-state index in [1.807, 2.05) is 19.1 Å². The number of nitrogens with zero attached hydrogens (tertiary/aromatic N) is 1. The van der Waals surface area contributed by atoms with Gasteiger partial charge in [0.25, 0.3) is 5.91 Å². The van der Waals surface area contributed by atoms with Crippen molar-refractivity contribution < 1.29 is 18.0 Å². The van der Waals surface area contributed by atoms with Crippen LogP contribution in [-0.4, -0.2) is 17.4 Å². The molecule has 0 bridgehead atoms. The Morgan fingerprint density at radius 3 is 2.44 bits per heavy atom. The summed E-state index contributed by atoms with van der Waals surface area (Å²) in [5, 5.41) is 5.90. The second-order valence-electron chi connectivity index (χ2n) is 5.22. The van der Waals surface area contributed by atoms with E-state index in [0.29, 0.717) is 12.2 Å². The van der Waals surface area contributed by atoms with E-state index < -0.39 is 17.8 Å². The number of halogens is 4. The molecule has 0 aliphatic rings. The Hall–Kier alpha value is -2.12. The number of nitrogens with one attached hydrogen (secondary N) is 2. The monoisotopic (exact) mass is 373 g/mol. The van der Waals surface area contributed by atoms with Crippen molar-refractivity contribution in [3.8, 4) is 0 Å². The lowest BCUT2D eigenvalue weighted by Crippen LogP contribution is -2.19. The van der Waals surface area contributed by atoms with Crippen LogP contribution in [0.25, 0.3) is 0 Å². The summed E-state index contributed by atoms with van der Waals surface area (Å²) >= 11 is 0. The zero-order valence-electron chi connectivity index (χ0n) is 13.8. The van der Waals surface area contributed by atoms with E-state index in [1.54, 1.807) is 12.1 Å². The number of hydrogen-bond acceptors (Lipinski definition) is 3. The molecule has 2 N–H and O–H groups in total. The fourth-order valence-corrected chi connectivity index (χ4v) is 2.20. The largest absolute Gasteiger partial charge is 0.433 e. The first-order valence-electron chi connectivity index (χ1n) is 7.47. The van der Waals surface area contributed by atoms with Crippen molar-refractivity contribution >= 4 is 24.0 Å². The molecular formula is C17H19ClF3N3O. The summed E-state index contributed by atoms with van der Waals surface area (Å²) in [5.74, 6) is -0.488. The molecule has 2 aromatic rings. The summed E-state index contributed by atoms with van der Waals surface area (Å²) in [4.78, 5) is 15.9. The van der Waals surface area contributed by atoms with Gasteiger partial charge in [-0.25, -0.2) is 4.98 Å². The second kappa shape index (κ2) is 8.82. The van der Waals surface area contributed by atoms with Gasteiger partial charge in [0.15, 0.2) is 0 Å². The van der Waals surface area contributed by atoms with Gasteiger partial charge in [-0.1, -0.05) is 25.1 Å². The summed E-state index contributed by atoms with van der Waals surface area (Å²) in [6.45, 7) is 4.72. The van der Waals surface area contributed by atoms with Crippen LogP contribution in [0.4, 0.5) is 18.9 Å². The van der Waals surface area contributed by atoms with Crippen molar-refractivity contribution in [3.63, 3.8) is 0 Å². The molecule has 0 spiro atoms. The zero-order valence-corrected chi connectivity index (χ0v) is 14.6. The van der Waals surface area contributed by atoms with Crippen LogP contribution in [0.1, 0.15) is 34.2 Å². The Kier molecular flexibility index (Phi) is 7.38. The van der Waals surface area contributed by atoms with E-state index in [1.165, 1.54) is 6.92 Å². The van der Waals surface area contributed by atoms with Crippen LogP contribution in [0.3, 0.4) is 0 Å². The minimum Gasteiger partial charge on any atom is -0.322 e. The zero-order chi connectivity index (χ0) is 17.7. The van der Waals surface area contributed by atoms with Crippen LogP contribution in [0.2, 0.25) is 0 Å². The number of aryl methyl sites for hydroxylation is 1. The fraction of sp³-hybridized carbons (Fsp3) is 0.294. The lowest BCUT2D eigenvalue weighted by Gasteiger charge is -2.13. The molecule has 136 valence electrons. The second-order valence-corrected chi connectivity index (χ2v) is 5.22. The highest BCUT2D eigenvalue weighted by Crippen LogP contribution is 2.28. The number of benzene rings is 1. The molecule has 1 aromatic heterocycles. The molecule has 1 heterocycles. The third kappa shape index (κ3) is 5.44. The van der Waals surface area contributed by atoms with Crippen molar-refractivity contribution in [2.24, 2.45) is 0 Å². The summed E-state index contributed by atoms with van der Waals surface area (Å²) in [6.07, 6.45) is -4.53. The highest BCUT2D eigenvalue weighted by atomic mass is 35.5. The Morgan fingerprint density at radius 1 is 1.16 bits per heavy atom. The molecule has 1 amide bonds. The molecule has 0 unspecified atom stereocenters. The summed E-state index contributed by atoms with van der Waals surface area (Å²) < 4.78 is 37.9. The van der Waals surface area contributed by atoms with Crippen molar-refractivity contribution in [2.75, 3.05) is 11.9 Å². The number of pyridine rings is 1. The topological polar surface area (TPSA) is 54.0 Å². The molecule has 0 fully saturated rings. The number of aromatic nitrogens is 1. The standard InChI is InChI=1S/C17H18F3N3O.ClH/c1-3-21-10-12-6-4-5-7-14(12)23-16(24)13-8-9-15(17(18,19)20)22-11(13)2;/h4-9,21H,3,10H2,1-2H3,(H,23,24);1H. The molecule has 25 heavy (non-hydrogen) atoms. The Balaban J connectivity index is 0.00000312. The first kappa shape index (κ1) is 20.9. The van der Waals surface area contributed by atoms with Gasteiger partial charge in [-0.3, -0.25) is 4.79 Å². The number of amides is 1. The molecule has 1 aromatic carbocycles. The van der Waals surface area contributed by atoms with Gasteiger partial charge < -0.3 is 10.6 Å². The number of hydrogen-bond donors (Lipinski definition) is 2. The summed E-state index contributed by atoms with van der Waals surface area (Å²) in [7, 11) is 0. The highest BCUT2D eigenvalue weighted by molar-refractivity contribution is 6.05. The third-order valence-corrected chi connectivity index (χ3v) is 3.45. The quantitative estimate of drug-likeness (QED) is 0.826. The van der Waals surface area contributed by atoms with Crippen molar-refractivity contribution in [2.45, 2.75) is 26.6 Å². The highest BCUT2D eigenvalue weighted by Gasteiger charge is 2.33. The SMILES string of the molecule is CCNCc1ccccc1NC(=O)c1ccc(C(F)(F)F)nc1C.Cl. The molecule has 4 nitrogen and oxygen atoms in total. The molecule has 0 saturated carbocycles. The summed E-state index contributed by atoms with van der Waals surface area (Å²) in [5.41, 5.74) is 0.643. The first-order chi connectivity index (χ1) is 11.3. The van der Waals surface area contributed by atoms with E-state index in [2.05, 4.69) is 15.6 Å². The van der Waals surface area contributed by atoms with Gasteiger partial charge in [0.1, 0.15) is 5.69 Å². The van der Waals surface area contributed by atoms with Crippen molar-refractivity contribution in [1.82, 2.24) is 10.3 Å². The van der Waals surface area contributed by atoms with E-state index in [4.69, 9.17) is 0 Å². The van der Waals surface area contributed by atoms with Gasteiger partial charge in [0.2, 0.25) is 0 Å². The number of carbonyl (C=O) groups excluding carboxylic acids is 1. The van der Waals surface area contributed by atoms with Crippen LogP contribution in [-0.2, 0) is 12.7 Å². The van der Waals surface area contributed by atoms with E-state index in [-0.39, 0.29) is 23.7 Å². The average Bonchev–Trinajstić information content (AvgIpc) is 2.53. The number of para-hydroxylation sites is 1. The summed E-state index contributed by atoms with van der Waals surface area (Å²) in [6, 6.07) is 9.21. The number of anilines is 1. The van der Waals surface area contributed by atoms with Crippen LogP contribution in [0.15, 0.2) is 36.4 Å². The van der Waals surface area contributed by atoms with Gasteiger partial charge in [-0.05, 0) is 37.2 Å². The molecular weight excluding hydrogens is 355 g/mol. The van der Waals surface area contributed by atoms with Crippen LogP contribution >= 0.6 is 12.4 Å². The minimum absolute atomic E-state index is 0. The predicted molar refractivity (Wildman–Crippen MR) is 93.0 cm³/mol. The number of carbonyl (C=O) groups is 1. The van der Waals surface area contributed by atoms with E-state index in [9.17, 15) is 18.0 Å². The van der Waals surface area contributed by atoms with Crippen LogP contribution < -0.4 is 10.6 Å². The molecule has 2 rings (SSSR count). The molecule has 8 heteroatoms. The van der Waals surface area contributed by atoms with Crippen molar-refractivity contribution in [3.05, 3.63) is 58.9 Å². The van der Waals surface area contributed by atoms with E-state index in [0.717, 1.165) is 24.2 Å². The molecule has 0 aliphatic carbocycles. The van der Waals surface area contributed by atoms with Gasteiger partial charge in [0, 0.05) is 12.2 Å². The Labute approximate surface area is 150 Å². The minimum atomic E-state index is -4.53. The molecule has 0 radical (unpaired) electrons. The normalized spacial score (nSPS) is 10.9. The van der Waals surface area contributed by atoms with Crippen LogP contribution in [0.5, 0.6) is 0 Å². The lowest BCUT2D eigenvalue weighted by atomic mass is 10.1. The fourth-order valence-electron chi connectivity index (χ4n) is 2.20. The van der Waals surface area contributed by atoms with Gasteiger partial charge in [-0.2, -0.15) is 13.2 Å². The van der Waals surface area contributed by atoms with Gasteiger partial charge >= 0.3 is 6.18 Å². The van der Waals surface area contributed by atoms with Gasteiger partial charge in [0.05, 0.1) is 11.3 Å². The first-order valence-corrected chi connectivity index (χ1v) is 7.47. The molecule has 0 saturated heterocycles. The van der Waals surface area contributed by atoms with Gasteiger partial charge in [-0.15, -0.1) is 12.4 Å². The Bertz CT molecular complexity index is 735. The van der Waals surface area contributed by atoms with Crippen LogP contribution in [0, 0.1) is 6.92 Å². The Morgan fingerprint density at radius 2 is 1.84 bits per heavy atom. The average molecular weight is 374 g/mol. The molecule has 0 atom stereocenters. The smallest absolute Gasteiger partial charge is 0.322 e.